The maximum atomic E-state index is 13.1. The molecule has 3 aliphatic rings. The molecule has 0 aromatic heterocycles. The Bertz CT molecular complexity index is 1140. The Balaban J connectivity index is 1.34. The predicted molar refractivity (Wildman–Crippen MR) is 120 cm³/mol. The molecule has 0 unspecified atom stereocenters. The zero-order valence-electron chi connectivity index (χ0n) is 18.4. The molecular weight excluding hydrogens is 426 g/mol. The summed E-state index contributed by atoms with van der Waals surface area (Å²) in [6, 6.07) is 7.97. The number of ketones is 1. The van der Waals surface area contributed by atoms with Crippen molar-refractivity contribution in [2.24, 2.45) is 0 Å². The van der Waals surface area contributed by atoms with Crippen LogP contribution in [0.25, 0.3) is 6.08 Å². The van der Waals surface area contributed by atoms with Crippen LogP contribution in [0.4, 0.5) is 5.69 Å². The van der Waals surface area contributed by atoms with Crippen molar-refractivity contribution in [3.05, 3.63) is 68.5 Å². The summed E-state index contributed by atoms with van der Waals surface area (Å²) in [6.07, 6.45) is 1.54. The molecule has 1 saturated heterocycles. The van der Waals surface area contributed by atoms with Gasteiger partial charge in [0, 0.05) is 56.0 Å². The number of nitro groups is 1. The van der Waals surface area contributed by atoms with E-state index in [-0.39, 0.29) is 17.2 Å². The van der Waals surface area contributed by atoms with E-state index < -0.39 is 4.92 Å². The van der Waals surface area contributed by atoms with E-state index in [0.29, 0.717) is 30.2 Å². The summed E-state index contributed by atoms with van der Waals surface area (Å²) in [5.74, 6) is 1.19. The SMILES string of the molecule is Cc1c2c(cc3c1O/C(=C\c1cccc([N+](=O)[O-])c1)C3=O)CN(CCN1CCOCC1)CO2. The summed E-state index contributed by atoms with van der Waals surface area (Å²) < 4.78 is 17.4. The van der Waals surface area contributed by atoms with Crippen LogP contribution in [0.3, 0.4) is 0 Å². The maximum absolute atomic E-state index is 13.1. The number of allylic oxidation sites excluding steroid dienone is 1. The number of morpholine rings is 1. The maximum Gasteiger partial charge on any atom is 0.270 e. The average Bonchev–Trinajstić information content (AvgIpc) is 3.14. The number of fused-ring (bicyclic) bond motifs is 2. The monoisotopic (exact) mass is 451 g/mol. The van der Waals surface area contributed by atoms with E-state index in [1.807, 2.05) is 13.0 Å². The molecule has 3 aliphatic heterocycles. The third-order valence-corrected chi connectivity index (χ3v) is 6.22. The lowest BCUT2D eigenvalue weighted by Gasteiger charge is -2.33. The Labute approximate surface area is 191 Å². The number of ether oxygens (including phenoxy) is 3. The van der Waals surface area contributed by atoms with E-state index >= 15 is 0 Å². The molecule has 0 aliphatic carbocycles. The lowest BCUT2D eigenvalue weighted by Crippen LogP contribution is -2.43. The molecule has 0 saturated carbocycles. The summed E-state index contributed by atoms with van der Waals surface area (Å²) in [5.41, 5.74) is 2.76. The fraction of sp³-hybridized carbons (Fsp3) is 0.375. The molecule has 2 aromatic carbocycles. The van der Waals surface area contributed by atoms with E-state index in [2.05, 4.69) is 9.80 Å². The molecule has 5 rings (SSSR count). The summed E-state index contributed by atoms with van der Waals surface area (Å²) >= 11 is 0. The van der Waals surface area contributed by atoms with Gasteiger partial charge in [0.2, 0.25) is 5.78 Å². The highest BCUT2D eigenvalue weighted by Gasteiger charge is 2.33. The van der Waals surface area contributed by atoms with Gasteiger partial charge >= 0.3 is 0 Å². The minimum atomic E-state index is -0.464. The van der Waals surface area contributed by atoms with Crippen molar-refractivity contribution in [2.75, 3.05) is 46.1 Å². The minimum Gasteiger partial charge on any atom is -0.477 e. The van der Waals surface area contributed by atoms with Crippen molar-refractivity contribution in [1.82, 2.24) is 9.80 Å². The fourth-order valence-corrected chi connectivity index (χ4v) is 4.43. The summed E-state index contributed by atoms with van der Waals surface area (Å²) in [4.78, 5) is 28.3. The van der Waals surface area contributed by atoms with Crippen LogP contribution in [0.15, 0.2) is 36.1 Å². The topological polar surface area (TPSA) is 94.4 Å². The predicted octanol–water partition coefficient (Wildman–Crippen LogP) is 3.00. The van der Waals surface area contributed by atoms with Gasteiger partial charge < -0.3 is 14.2 Å². The minimum absolute atomic E-state index is 0.0375. The number of carbonyl (C=O) groups is 1. The van der Waals surface area contributed by atoms with Crippen LogP contribution in [-0.4, -0.2) is 66.6 Å². The van der Waals surface area contributed by atoms with Crippen molar-refractivity contribution < 1.29 is 23.9 Å². The summed E-state index contributed by atoms with van der Waals surface area (Å²) in [5, 5.41) is 11.0. The van der Waals surface area contributed by atoms with E-state index in [1.165, 1.54) is 12.1 Å². The number of hydrogen-bond donors (Lipinski definition) is 0. The van der Waals surface area contributed by atoms with E-state index in [0.717, 1.165) is 56.3 Å². The number of Topliss-reactive ketones (excluding diaryl/α,β-unsaturated/α-hetero) is 1. The molecule has 0 atom stereocenters. The van der Waals surface area contributed by atoms with Crippen molar-refractivity contribution in [3.8, 4) is 11.5 Å². The normalized spacial score (nSPS) is 19.7. The first-order chi connectivity index (χ1) is 16.0. The molecule has 9 heteroatoms. The Morgan fingerprint density at radius 1 is 1.12 bits per heavy atom. The first-order valence-corrected chi connectivity index (χ1v) is 11.0. The van der Waals surface area contributed by atoms with Crippen LogP contribution in [0.1, 0.15) is 27.0 Å². The van der Waals surface area contributed by atoms with Crippen molar-refractivity contribution in [2.45, 2.75) is 13.5 Å². The number of carbonyl (C=O) groups excluding carboxylic acids is 1. The second-order valence-electron chi connectivity index (χ2n) is 8.44. The van der Waals surface area contributed by atoms with Gasteiger partial charge in [0.25, 0.3) is 5.69 Å². The zero-order valence-corrected chi connectivity index (χ0v) is 18.4. The molecule has 0 bridgehead atoms. The standard InChI is InChI=1S/C24H25N3O6/c1-16-23-18(14-26(15-32-23)6-5-25-7-9-31-10-8-25)13-20-22(28)21(33-24(16)20)12-17-3-2-4-19(11-17)27(29)30/h2-4,11-13H,5-10,14-15H2,1H3/b21-12-. The van der Waals surface area contributed by atoms with Gasteiger partial charge in [-0.05, 0) is 24.6 Å². The smallest absolute Gasteiger partial charge is 0.270 e. The van der Waals surface area contributed by atoms with E-state index in [4.69, 9.17) is 14.2 Å². The van der Waals surface area contributed by atoms with Crippen LogP contribution in [0.2, 0.25) is 0 Å². The second kappa shape index (κ2) is 8.93. The first-order valence-electron chi connectivity index (χ1n) is 11.0. The van der Waals surface area contributed by atoms with Crippen LogP contribution < -0.4 is 9.47 Å². The highest BCUT2D eigenvalue weighted by Crippen LogP contribution is 2.43. The van der Waals surface area contributed by atoms with Gasteiger partial charge in [0.05, 0.1) is 23.7 Å². The van der Waals surface area contributed by atoms with E-state index in [9.17, 15) is 14.9 Å². The molecule has 172 valence electrons. The molecule has 9 nitrogen and oxygen atoms in total. The van der Waals surface area contributed by atoms with Gasteiger partial charge in [-0.25, -0.2) is 0 Å². The highest BCUT2D eigenvalue weighted by molar-refractivity contribution is 6.15. The van der Waals surface area contributed by atoms with Gasteiger partial charge in [-0.2, -0.15) is 0 Å². The Morgan fingerprint density at radius 3 is 2.70 bits per heavy atom. The number of nitro benzene ring substituents is 1. The molecule has 1 fully saturated rings. The molecule has 0 amide bonds. The molecule has 0 N–H and O–H groups in total. The molecule has 33 heavy (non-hydrogen) atoms. The zero-order chi connectivity index (χ0) is 22.9. The van der Waals surface area contributed by atoms with Gasteiger partial charge in [-0.3, -0.25) is 24.7 Å². The highest BCUT2D eigenvalue weighted by atomic mass is 16.6. The second-order valence-corrected chi connectivity index (χ2v) is 8.44. The molecule has 0 spiro atoms. The quantitative estimate of drug-likeness (QED) is 0.389. The Morgan fingerprint density at radius 2 is 1.91 bits per heavy atom. The van der Waals surface area contributed by atoms with Gasteiger partial charge in [-0.1, -0.05) is 12.1 Å². The molecule has 3 heterocycles. The number of rotatable bonds is 5. The van der Waals surface area contributed by atoms with Gasteiger partial charge in [0.15, 0.2) is 5.76 Å². The number of benzene rings is 2. The molecule has 0 radical (unpaired) electrons. The van der Waals surface area contributed by atoms with Gasteiger partial charge in [0.1, 0.15) is 18.2 Å². The Kier molecular flexibility index (Phi) is 5.84. The third-order valence-electron chi connectivity index (χ3n) is 6.22. The number of hydrogen-bond acceptors (Lipinski definition) is 8. The fourth-order valence-electron chi connectivity index (χ4n) is 4.43. The van der Waals surface area contributed by atoms with Crippen LogP contribution in [0.5, 0.6) is 11.5 Å². The van der Waals surface area contributed by atoms with Crippen LogP contribution in [-0.2, 0) is 11.3 Å². The molecule has 2 aromatic rings. The van der Waals surface area contributed by atoms with Crippen molar-refractivity contribution >= 4 is 17.5 Å². The first kappa shape index (κ1) is 21.6. The lowest BCUT2D eigenvalue weighted by molar-refractivity contribution is -0.384. The number of nitrogens with zero attached hydrogens (tertiary/aromatic N) is 3. The average molecular weight is 451 g/mol. The Hall–Kier alpha value is -3.27. The van der Waals surface area contributed by atoms with Gasteiger partial charge in [-0.15, -0.1) is 0 Å². The summed E-state index contributed by atoms with van der Waals surface area (Å²) in [7, 11) is 0. The lowest BCUT2D eigenvalue weighted by atomic mass is 10.00. The molecular formula is C24H25N3O6. The van der Waals surface area contributed by atoms with E-state index in [1.54, 1.807) is 18.2 Å². The summed E-state index contributed by atoms with van der Waals surface area (Å²) in [6.45, 7) is 8.35. The largest absolute Gasteiger partial charge is 0.477 e. The van der Waals surface area contributed by atoms with Crippen molar-refractivity contribution in [1.29, 1.82) is 0 Å². The number of non-ortho nitro benzene ring substituents is 1. The third kappa shape index (κ3) is 4.35. The van der Waals surface area contributed by atoms with Crippen LogP contribution >= 0.6 is 0 Å². The van der Waals surface area contributed by atoms with Crippen molar-refractivity contribution in [3.63, 3.8) is 0 Å². The van der Waals surface area contributed by atoms with Crippen LogP contribution in [0, 0.1) is 17.0 Å².